The summed E-state index contributed by atoms with van der Waals surface area (Å²) in [4.78, 5) is 46.1. The van der Waals surface area contributed by atoms with Gasteiger partial charge in [0, 0.05) is 23.5 Å². The lowest BCUT2D eigenvalue weighted by molar-refractivity contribution is -0.136. The normalized spacial score (nSPS) is 11.4. The number of halogens is 2. The van der Waals surface area contributed by atoms with Gasteiger partial charge in [0.25, 0.3) is 0 Å². The minimum Gasteiger partial charge on any atom is -0.465 e. The average Bonchev–Trinajstić information content (AvgIpc) is 2.61. The van der Waals surface area contributed by atoms with Crippen molar-refractivity contribution in [3.05, 3.63) is 43.6 Å². The van der Waals surface area contributed by atoms with Gasteiger partial charge in [0.15, 0.2) is 0 Å². The van der Waals surface area contributed by atoms with Gasteiger partial charge in [-0.3, -0.25) is 9.59 Å². The van der Waals surface area contributed by atoms with Gasteiger partial charge in [-0.05, 0) is 69.4 Å². The molecule has 0 aromatic heterocycles. The molecule has 10 heteroatoms. The summed E-state index contributed by atoms with van der Waals surface area (Å²) in [6, 6.07) is 6.28. The highest BCUT2D eigenvalue weighted by molar-refractivity contribution is 14.1. The number of esters is 2. The molecular formula is C16H14I2N2O6. The number of carbonyl (C=O) groups excluding carboxylic acids is 4. The fourth-order valence-electron chi connectivity index (χ4n) is 1.54. The fraction of sp³-hybridized carbons (Fsp3) is 0.125. The van der Waals surface area contributed by atoms with Crippen LogP contribution in [-0.2, 0) is 28.7 Å². The Morgan fingerprint density at radius 3 is 1.35 bits per heavy atom. The Morgan fingerprint density at radius 2 is 1.08 bits per heavy atom. The number of benzene rings is 1. The molecule has 0 radical (unpaired) electrons. The average molecular weight is 584 g/mol. The zero-order valence-electron chi connectivity index (χ0n) is 13.7. The minimum absolute atomic E-state index is 0.137. The predicted octanol–water partition coefficient (Wildman–Crippen LogP) is 2.55. The van der Waals surface area contributed by atoms with Gasteiger partial charge < -0.3 is 20.1 Å². The Kier molecular flexibility index (Phi) is 9.26. The number of nitrogens with one attached hydrogen (secondary N) is 2. The maximum atomic E-state index is 11.8. The van der Waals surface area contributed by atoms with Gasteiger partial charge in [-0.15, -0.1) is 0 Å². The summed E-state index contributed by atoms with van der Waals surface area (Å²) in [6.07, 6.45) is 2.23. The van der Waals surface area contributed by atoms with Crippen molar-refractivity contribution in [3.8, 4) is 0 Å². The first kappa shape index (κ1) is 22.1. The van der Waals surface area contributed by atoms with E-state index in [1.807, 2.05) is 0 Å². The molecule has 138 valence electrons. The van der Waals surface area contributed by atoms with Crippen molar-refractivity contribution in [2.45, 2.75) is 0 Å². The number of carbonyl (C=O) groups is 4. The fourth-order valence-corrected chi connectivity index (χ4v) is 2.54. The smallest absolute Gasteiger partial charge is 0.344 e. The molecule has 1 rings (SSSR count). The molecule has 1 aromatic carbocycles. The second kappa shape index (κ2) is 10.9. The van der Waals surface area contributed by atoms with Crippen LogP contribution in [-0.4, -0.2) is 38.0 Å². The topological polar surface area (TPSA) is 111 Å². The molecule has 2 N–H and O–H groups in total. The van der Waals surface area contributed by atoms with Crippen LogP contribution in [0.25, 0.3) is 0 Å². The van der Waals surface area contributed by atoms with Crippen molar-refractivity contribution in [2.24, 2.45) is 0 Å². The quantitative estimate of drug-likeness (QED) is 0.303. The first-order chi connectivity index (χ1) is 12.3. The molecule has 26 heavy (non-hydrogen) atoms. The van der Waals surface area contributed by atoms with Crippen LogP contribution in [0.1, 0.15) is 0 Å². The van der Waals surface area contributed by atoms with Crippen LogP contribution in [0.15, 0.2) is 43.6 Å². The van der Waals surface area contributed by atoms with E-state index in [4.69, 9.17) is 0 Å². The van der Waals surface area contributed by atoms with Gasteiger partial charge >= 0.3 is 11.9 Å². The Balaban J connectivity index is 2.69. The molecule has 8 nitrogen and oxygen atoms in total. The maximum Gasteiger partial charge on any atom is 0.344 e. The molecule has 0 saturated heterocycles. The van der Waals surface area contributed by atoms with Gasteiger partial charge in [-0.2, -0.15) is 0 Å². The lowest BCUT2D eigenvalue weighted by atomic mass is 10.2. The van der Waals surface area contributed by atoms with E-state index in [0.29, 0.717) is 11.4 Å². The van der Waals surface area contributed by atoms with E-state index in [1.165, 1.54) is 14.2 Å². The van der Waals surface area contributed by atoms with Gasteiger partial charge in [-0.1, -0.05) is 0 Å². The largest absolute Gasteiger partial charge is 0.465 e. The summed E-state index contributed by atoms with van der Waals surface area (Å²) in [6.45, 7) is 0. The third kappa shape index (κ3) is 7.51. The van der Waals surface area contributed by atoms with E-state index in [-0.39, 0.29) is 7.16 Å². The standard InChI is InChI=1S/C16H14I2N2O6/c1-25-15(23)11(17)7-13(21)19-9-3-5-10(6-4-9)20-14(22)8-12(18)16(24)26-2/h3-8H,1-2H3,(H,19,21)(H,20,22)/b11-7+,12-8+. The summed E-state index contributed by atoms with van der Waals surface area (Å²) in [5.74, 6) is -2.19. The van der Waals surface area contributed by atoms with Crippen LogP contribution < -0.4 is 10.6 Å². The summed E-state index contributed by atoms with van der Waals surface area (Å²) >= 11 is 3.40. The van der Waals surface area contributed by atoms with Crippen LogP contribution in [0.5, 0.6) is 0 Å². The maximum absolute atomic E-state index is 11.8. The molecule has 0 aliphatic rings. The monoisotopic (exact) mass is 584 g/mol. The Hall–Kier alpha value is -1.96. The van der Waals surface area contributed by atoms with Crippen LogP contribution in [0.3, 0.4) is 0 Å². The molecule has 0 saturated carbocycles. The second-order valence-electron chi connectivity index (χ2n) is 4.52. The van der Waals surface area contributed by atoms with Gasteiger partial charge in [0.1, 0.15) is 7.16 Å². The van der Waals surface area contributed by atoms with Crippen molar-refractivity contribution in [1.82, 2.24) is 0 Å². The SMILES string of the molecule is COC(=O)/C(I)=C\C(=O)Nc1ccc(NC(=O)/C=C(/I)C(=O)OC)cc1. The van der Waals surface area contributed by atoms with E-state index in [0.717, 1.165) is 12.2 Å². The Morgan fingerprint density at radius 1 is 0.769 bits per heavy atom. The van der Waals surface area contributed by atoms with Crippen molar-refractivity contribution < 1.29 is 28.7 Å². The lowest BCUT2D eigenvalue weighted by Gasteiger charge is -2.06. The zero-order valence-corrected chi connectivity index (χ0v) is 18.0. The summed E-state index contributed by atoms with van der Waals surface area (Å²) < 4.78 is 9.27. The third-order valence-corrected chi connectivity index (χ3v) is 4.20. The number of hydrogen-bond acceptors (Lipinski definition) is 6. The van der Waals surface area contributed by atoms with Crippen LogP contribution in [0.2, 0.25) is 0 Å². The molecule has 1 aromatic rings. The zero-order chi connectivity index (χ0) is 19.7. The van der Waals surface area contributed by atoms with Crippen molar-refractivity contribution in [3.63, 3.8) is 0 Å². The van der Waals surface area contributed by atoms with Crippen LogP contribution in [0.4, 0.5) is 11.4 Å². The molecule has 0 fully saturated rings. The van der Waals surface area contributed by atoms with Gasteiger partial charge in [0.2, 0.25) is 11.8 Å². The van der Waals surface area contributed by atoms with Crippen LogP contribution in [0, 0.1) is 0 Å². The minimum atomic E-state index is -0.603. The van der Waals surface area contributed by atoms with E-state index in [2.05, 4.69) is 20.1 Å². The molecular weight excluding hydrogens is 570 g/mol. The highest BCUT2D eigenvalue weighted by Crippen LogP contribution is 2.15. The number of ether oxygens (including phenoxy) is 2. The number of hydrogen-bond donors (Lipinski definition) is 2. The third-order valence-electron chi connectivity index (χ3n) is 2.70. The molecule has 0 spiro atoms. The number of methoxy groups -OCH3 is 2. The van der Waals surface area contributed by atoms with E-state index in [9.17, 15) is 19.2 Å². The van der Waals surface area contributed by atoms with Crippen molar-refractivity contribution >= 4 is 80.3 Å². The Labute approximate surface area is 176 Å². The summed E-state index contributed by atoms with van der Waals surface area (Å²) in [7, 11) is 2.45. The molecule has 2 amide bonds. The van der Waals surface area contributed by atoms with Gasteiger partial charge in [0.05, 0.1) is 14.2 Å². The van der Waals surface area contributed by atoms with E-state index in [1.54, 1.807) is 69.4 Å². The van der Waals surface area contributed by atoms with Gasteiger partial charge in [-0.25, -0.2) is 9.59 Å². The van der Waals surface area contributed by atoms with Crippen molar-refractivity contribution in [2.75, 3.05) is 24.9 Å². The molecule has 0 unspecified atom stereocenters. The molecule has 0 aliphatic carbocycles. The number of rotatable bonds is 6. The summed E-state index contributed by atoms with van der Waals surface area (Å²) in [5.41, 5.74) is 0.941. The molecule has 0 atom stereocenters. The number of amides is 2. The number of anilines is 2. The molecule has 0 bridgehead atoms. The van der Waals surface area contributed by atoms with Crippen molar-refractivity contribution in [1.29, 1.82) is 0 Å². The highest BCUT2D eigenvalue weighted by Gasteiger charge is 2.10. The van der Waals surface area contributed by atoms with E-state index >= 15 is 0 Å². The molecule has 0 heterocycles. The highest BCUT2D eigenvalue weighted by atomic mass is 127. The van der Waals surface area contributed by atoms with E-state index < -0.39 is 23.8 Å². The van der Waals surface area contributed by atoms with Crippen LogP contribution >= 0.6 is 45.2 Å². The predicted molar refractivity (Wildman–Crippen MR) is 112 cm³/mol. The first-order valence-corrected chi connectivity index (χ1v) is 9.05. The molecule has 0 aliphatic heterocycles. The first-order valence-electron chi connectivity index (χ1n) is 6.90. The Bertz CT molecular complexity index is 706. The second-order valence-corrected chi connectivity index (χ2v) is 6.85. The summed E-state index contributed by atoms with van der Waals surface area (Å²) in [5, 5.41) is 5.14. The lowest BCUT2D eigenvalue weighted by Crippen LogP contribution is -2.12.